The third-order valence-electron chi connectivity index (χ3n) is 4.77. The molecule has 0 bridgehead atoms. The van der Waals surface area contributed by atoms with E-state index in [4.69, 9.17) is 0 Å². The average molecular weight is 341 g/mol. The van der Waals surface area contributed by atoms with Crippen LogP contribution in [0.2, 0.25) is 0 Å². The van der Waals surface area contributed by atoms with Crippen LogP contribution in [0, 0.1) is 0 Å². The van der Waals surface area contributed by atoms with Crippen molar-refractivity contribution in [2.24, 2.45) is 0 Å². The van der Waals surface area contributed by atoms with E-state index in [0.29, 0.717) is 0 Å². The molecule has 25 heavy (non-hydrogen) atoms. The smallest absolute Gasteiger partial charge is 0.254 e. The van der Waals surface area contributed by atoms with Gasteiger partial charge in [0.2, 0.25) is 0 Å². The summed E-state index contributed by atoms with van der Waals surface area (Å²) < 4.78 is 0. The van der Waals surface area contributed by atoms with Crippen LogP contribution in [-0.4, -0.2) is 45.9 Å². The molecule has 1 aromatic heterocycles. The van der Waals surface area contributed by atoms with Gasteiger partial charge in [-0.3, -0.25) is 4.79 Å². The maximum Gasteiger partial charge on any atom is 0.254 e. The van der Waals surface area contributed by atoms with Crippen LogP contribution in [0.25, 0.3) is 0 Å². The summed E-state index contributed by atoms with van der Waals surface area (Å²) in [6.07, 6.45) is 9.04. The van der Waals surface area contributed by atoms with E-state index in [1.54, 1.807) is 6.20 Å². The van der Waals surface area contributed by atoms with Gasteiger partial charge in [-0.25, -0.2) is 0 Å². The fraction of sp³-hybridized carbons (Fsp3) is 0.526. The Morgan fingerprint density at radius 2 is 1.84 bits per heavy atom. The molecule has 134 valence electrons. The number of nitrogens with zero attached hydrogens (tertiary/aromatic N) is 3. The maximum absolute atomic E-state index is 12.6. The molecule has 2 aliphatic heterocycles. The zero-order valence-electron chi connectivity index (χ0n) is 14.7. The molecule has 2 aliphatic rings. The van der Waals surface area contributed by atoms with Crippen molar-refractivity contribution in [2.45, 2.75) is 44.6 Å². The van der Waals surface area contributed by atoms with E-state index >= 15 is 0 Å². The van der Waals surface area contributed by atoms with Crippen molar-refractivity contribution in [3.05, 3.63) is 47.8 Å². The molecule has 2 fully saturated rings. The lowest BCUT2D eigenvalue weighted by Gasteiger charge is -2.34. The van der Waals surface area contributed by atoms with Crippen molar-refractivity contribution in [2.75, 3.05) is 19.6 Å². The molecular formula is C19H27N5O. The number of aromatic amines is 1. The van der Waals surface area contributed by atoms with Gasteiger partial charge in [-0.1, -0.05) is 24.6 Å². The van der Waals surface area contributed by atoms with Crippen LogP contribution in [0.5, 0.6) is 0 Å². The number of rotatable bonds is 2. The van der Waals surface area contributed by atoms with Crippen molar-refractivity contribution in [1.29, 1.82) is 0 Å². The second-order valence-electron chi connectivity index (χ2n) is 6.58. The number of likely N-dealkylation sites (tertiary alicyclic amines) is 1. The van der Waals surface area contributed by atoms with Crippen LogP contribution in [0.1, 0.15) is 60.6 Å². The van der Waals surface area contributed by atoms with Crippen molar-refractivity contribution in [3.8, 4) is 0 Å². The molecule has 1 aromatic carbocycles. The Kier molecular flexibility index (Phi) is 6.56. The fourth-order valence-electron chi connectivity index (χ4n) is 3.40. The van der Waals surface area contributed by atoms with Crippen molar-refractivity contribution < 1.29 is 4.79 Å². The standard InChI is InChI=1S/C14H16N4O.C5H11N/c19-14(11-6-2-1-3-7-11)18-9-5-4-8-13(18)12-10-15-17-16-12;1-2-4-6-5-3-1/h1-3,6-7,10,13H,4-5,8-9H2,(H,15,16,17);6H,1-5H2. The molecule has 2 saturated heterocycles. The molecule has 6 heteroatoms. The van der Waals surface area contributed by atoms with Crippen LogP contribution < -0.4 is 5.32 Å². The van der Waals surface area contributed by atoms with Gasteiger partial charge in [-0.2, -0.15) is 15.4 Å². The fourth-order valence-corrected chi connectivity index (χ4v) is 3.40. The van der Waals surface area contributed by atoms with Crippen LogP contribution in [-0.2, 0) is 0 Å². The Morgan fingerprint density at radius 1 is 1.04 bits per heavy atom. The SMILES string of the molecule is C1CCNCC1.O=C(c1ccccc1)N1CCCCC1c1cn[nH]n1. The second kappa shape index (κ2) is 9.32. The molecule has 3 heterocycles. The average Bonchev–Trinajstić information content (AvgIpc) is 3.25. The molecule has 2 N–H and O–H groups in total. The van der Waals surface area contributed by atoms with Gasteiger partial charge < -0.3 is 10.2 Å². The summed E-state index contributed by atoms with van der Waals surface area (Å²) in [4.78, 5) is 14.5. The normalized spacial score (nSPS) is 20.5. The Labute approximate surface area is 149 Å². The van der Waals surface area contributed by atoms with Gasteiger partial charge >= 0.3 is 0 Å². The van der Waals surface area contributed by atoms with Gasteiger partial charge in [0.1, 0.15) is 5.69 Å². The summed E-state index contributed by atoms with van der Waals surface area (Å²) >= 11 is 0. The number of carbonyl (C=O) groups excluding carboxylic acids is 1. The lowest BCUT2D eigenvalue weighted by atomic mass is 9.98. The molecule has 2 aromatic rings. The number of carbonyl (C=O) groups is 1. The van der Waals surface area contributed by atoms with Gasteiger partial charge in [0.05, 0.1) is 12.2 Å². The van der Waals surface area contributed by atoms with Crippen molar-refractivity contribution in [1.82, 2.24) is 25.6 Å². The molecule has 0 saturated carbocycles. The van der Waals surface area contributed by atoms with Crippen molar-refractivity contribution in [3.63, 3.8) is 0 Å². The highest BCUT2D eigenvalue weighted by molar-refractivity contribution is 5.94. The number of nitrogens with one attached hydrogen (secondary N) is 2. The molecule has 0 radical (unpaired) electrons. The monoisotopic (exact) mass is 341 g/mol. The third-order valence-corrected chi connectivity index (χ3v) is 4.77. The topological polar surface area (TPSA) is 73.9 Å². The highest BCUT2D eigenvalue weighted by Gasteiger charge is 2.30. The first-order valence-electron chi connectivity index (χ1n) is 9.28. The summed E-state index contributed by atoms with van der Waals surface area (Å²) in [5.74, 6) is 0.0771. The lowest BCUT2D eigenvalue weighted by molar-refractivity contribution is 0.0606. The molecule has 1 atom stereocenters. The highest BCUT2D eigenvalue weighted by atomic mass is 16.2. The lowest BCUT2D eigenvalue weighted by Crippen LogP contribution is -2.38. The van der Waals surface area contributed by atoms with E-state index in [-0.39, 0.29) is 11.9 Å². The summed E-state index contributed by atoms with van der Waals surface area (Å²) in [7, 11) is 0. The first-order chi connectivity index (χ1) is 12.4. The number of piperidine rings is 2. The molecule has 6 nitrogen and oxygen atoms in total. The minimum atomic E-state index is 0.0419. The third kappa shape index (κ3) is 4.89. The number of benzene rings is 1. The largest absolute Gasteiger partial charge is 0.330 e. The Hall–Kier alpha value is -2.21. The number of aromatic nitrogens is 3. The summed E-state index contributed by atoms with van der Waals surface area (Å²) in [5, 5.41) is 13.9. The second-order valence-corrected chi connectivity index (χ2v) is 6.58. The molecular weight excluding hydrogens is 314 g/mol. The van der Waals surface area contributed by atoms with Gasteiger partial charge in [-0.15, -0.1) is 0 Å². The number of amides is 1. The van der Waals surface area contributed by atoms with Gasteiger partial charge in [0, 0.05) is 12.1 Å². The van der Waals surface area contributed by atoms with Crippen LogP contribution in [0.3, 0.4) is 0 Å². The van der Waals surface area contributed by atoms with E-state index in [1.807, 2.05) is 35.2 Å². The molecule has 1 amide bonds. The summed E-state index contributed by atoms with van der Waals surface area (Å²) in [5.41, 5.74) is 1.59. The predicted octanol–water partition coefficient (Wildman–Crippen LogP) is 2.93. The van der Waals surface area contributed by atoms with Crippen LogP contribution in [0.15, 0.2) is 36.5 Å². The maximum atomic E-state index is 12.6. The zero-order valence-corrected chi connectivity index (χ0v) is 14.7. The Morgan fingerprint density at radius 3 is 2.44 bits per heavy atom. The number of hydrogen-bond donors (Lipinski definition) is 2. The molecule has 0 spiro atoms. The first-order valence-corrected chi connectivity index (χ1v) is 9.28. The Balaban J connectivity index is 0.000000258. The van der Waals surface area contributed by atoms with Gasteiger partial charge in [0.25, 0.3) is 5.91 Å². The summed E-state index contributed by atoms with van der Waals surface area (Å²) in [6, 6.07) is 9.46. The van der Waals surface area contributed by atoms with E-state index in [1.165, 1.54) is 32.4 Å². The molecule has 0 aliphatic carbocycles. The number of hydrogen-bond acceptors (Lipinski definition) is 4. The minimum Gasteiger partial charge on any atom is -0.330 e. The van der Waals surface area contributed by atoms with E-state index in [9.17, 15) is 4.79 Å². The molecule has 1 unspecified atom stereocenters. The Bertz CT molecular complexity index is 613. The van der Waals surface area contributed by atoms with E-state index in [2.05, 4.69) is 20.7 Å². The number of H-pyrrole nitrogens is 1. The first kappa shape index (κ1) is 17.6. The van der Waals surface area contributed by atoms with Crippen molar-refractivity contribution >= 4 is 5.91 Å². The van der Waals surface area contributed by atoms with Gasteiger partial charge in [0.15, 0.2) is 0 Å². The molecule has 4 rings (SSSR count). The van der Waals surface area contributed by atoms with Crippen LogP contribution >= 0.6 is 0 Å². The zero-order chi connectivity index (χ0) is 17.3. The predicted molar refractivity (Wildman–Crippen MR) is 97.2 cm³/mol. The van der Waals surface area contributed by atoms with Gasteiger partial charge in [-0.05, 0) is 57.3 Å². The highest BCUT2D eigenvalue weighted by Crippen LogP contribution is 2.30. The van der Waals surface area contributed by atoms with E-state index < -0.39 is 0 Å². The van der Waals surface area contributed by atoms with E-state index in [0.717, 1.165) is 37.1 Å². The van der Waals surface area contributed by atoms with Crippen LogP contribution in [0.4, 0.5) is 0 Å². The minimum absolute atomic E-state index is 0.0419. The summed E-state index contributed by atoms with van der Waals surface area (Å²) in [6.45, 7) is 3.28. The quantitative estimate of drug-likeness (QED) is 0.881.